The molecule has 0 bridgehead atoms. The molecule has 3 rings (SSSR count). The van der Waals surface area contributed by atoms with Crippen LogP contribution in [0.25, 0.3) is 5.65 Å². The van der Waals surface area contributed by atoms with E-state index < -0.39 is 15.6 Å². The van der Waals surface area contributed by atoms with E-state index in [4.69, 9.17) is 10.6 Å². The van der Waals surface area contributed by atoms with Crippen LogP contribution in [-0.2, 0) is 14.8 Å². The number of anilines is 1. The Balaban J connectivity index is 2.10. The molecule has 9 heteroatoms. The van der Waals surface area contributed by atoms with Crippen molar-refractivity contribution in [3.05, 3.63) is 24.4 Å². The molecule has 1 aliphatic heterocycles. The minimum Gasteiger partial charge on any atom is -0.379 e. The van der Waals surface area contributed by atoms with Crippen LogP contribution < -0.4 is 16.0 Å². The molecule has 2 aromatic rings. The van der Waals surface area contributed by atoms with Crippen LogP contribution in [0, 0.1) is 0 Å². The number of hydrazine groups is 1. The van der Waals surface area contributed by atoms with E-state index in [0.29, 0.717) is 25.3 Å². The first-order valence-electron chi connectivity index (χ1n) is 6.51. The molecular formula is C12H17N5O3S. The van der Waals surface area contributed by atoms with Crippen molar-refractivity contribution in [1.29, 1.82) is 0 Å². The number of nitrogen functional groups attached to an aromatic ring is 1. The van der Waals surface area contributed by atoms with Gasteiger partial charge in [-0.05, 0) is 25.5 Å². The number of fused-ring (bicyclic) bond motifs is 1. The number of imidazole rings is 1. The summed E-state index contributed by atoms with van der Waals surface area (Å²) in [6.07, 6.45) is 2.25. The number of nitrogens with one attached hydrogen (secondary N) is 2. The van der Waals surface area contributed by atoms with Gasteiger partial charge in [-0.25, -0.2) is 24.0 Å². The molecule has 0 aromatic carbocycles. The number of nitrogens with two attached hydrogens (primary N) is 1. The first-order valence-corrected chi connectivity index (χ1v) is 7.99. The maximum atomic E-state index is 12.7. The maximum Gasteiger partial charge on any atom is 0.261 e. The number of sulfonamides is 1. The highest BCUT2D eigenvalue weighted by atomic mass is 32.2. The van der Waals surface area contributed by atoms with Crippen LogP contribution >= 0.6 is 0 Å². The molecule has 21 heavy (non-hydrogen) atoms. The average Bonchev–Trinajstić information content (AvgIpc) is 3.01. The first kappa shape index (κ1) is 14.3. The van der Waals surface area contributed by atoms with Crippen LogP contribution in [0.15, 0.2) is 29.4 Å². The van der Waals surface area contributed by atoms with Crippen molar-refractivity contribution in [2.75, 3.05) is 18.6 Å². The summed E-state index contributed by atoms with van der Waals surface area (Å²) < 4.78 is 34.9. The third kappa shape index (κ3) is 2.48. The number of hydrogen-bond acceptors (Lipinski definition) is 6. The summed E-state index contributed by atoms with van der Waals surface area (Å²) >= 11 is 0. The Morgan fingerprint density at radius 1 is 1.48 bits per heavy atom. The number of pyridine rings is 1. The second-order valence-corrected chi connectivity index (χ2v) is 6.91. The lowest BCUT2D eigenvalue weighted by atomic mass is 10.0. The fraction of sp³-hybridized carbons (Fsp3) is 0.417. The van der Waals surface area contributed by atoms with Crippen molar-refractivity contribution in [3.63, 3.8) is 0 Å². The fourth-order valence-corrected chi connectivity index (χ4v) is 4.12. The summed E-state index contributed by atoms with van der Waals surface area (Å²) in [6, 6.07) is 5.22. The summed E-state index contributed by atoms with van der Waals surface area (Å²) in [6.45, 7) is 2.69. The van der Waals surface area contributed by atoms with Crippen molar-refractivity contribution in [3.8, 4) is 0 Å². The van der Waals surface area contributed by atoms with Crippen LogP contribution in [-0.4, -0.2) is 36.6 Å². The number of rotatable bonds is 4. The summed E-state index contributed by atoms with van der Waals surface area (Å²) in [4.78, 5) is 4.17. The lowest BCUT2D eigenvalue weighted by Gasteiger charge is -2.23. The smallest absolute Gasteiger partial charge is 0.261 e. The molecule has 1 unspecified atom stereocenters. The van der Waals surface area contributed by atoms with Crippen molar-refractivity contribution in [2.45, 2.75) is 23.9 Å². The molecule has 114 valence electrons. The molecule has 0 aliphatic carbocycles. The van der Waals surface area contributed by atoms with E-state index in [9.17, 15) is 8.42 Å². The first-order chi connectivity index (χ1) is 9.95. The van der Waals surface area contributed by atoms with Gasteiger partial charge in [-0.1, -0.05) is 6.07 Å². The second-order valence-electron chi connectivity index (χ2n) is 5.31. The van der Waals surface area contributed by atoms with Gasteiger partial charge in [0.05, 0.1) is 12.1 Å². The molecule has 1 fully saturated rings. The van der Waals surface area contributed by atoms with Gasteiger partial charge in [-0.15, -0.1) is 0 Å². The molecular weight excluding hydrogens is 294 g/mol. The molecule has 8 nitrogen and oxygen atoms in total. The molecule has 0 amide bonds. The quantitative estimate of drug-likeness (QED) is 0.544. The van der Waals surface area contributed by atoms with Crippen LogP contribution in [0.5, 0.6) is 0 Å². The molecule has 2 aromatic heterocycles. The van der Waals surface area contributed by atoms with Crippen LogP contribution in [0.1, 0.15) is 13.3 Å². The zero-order valence-corrected chi connectivity index (χ0v) is 12.4. The van der Waals surface area contributed by atoms with Crippen molar-refractivity contribution in [1.82, 2.24) is 14.1 Å². The second kappa shape index (κ2) is 4.95. The van der Waals surface area contributed by atoms with Gasteiger partial charge < -0.3 is 10.2 Å². The van der Waals surface area contributed by atoms with E-state index in [0.717, 1.165) is 0 Å². The van der Waals surface area contributed by atoms with Gasteiger partial charge in [-0.3, -0.25) is 4.40 Å². The fourth-order valence-electron chi connectivity index (χ4n) is 2.44. The predicted molar refractivity (Wildman–Crippen MR) is 77.2 cm³/mol. The van der Waals surface area contributed by atoms with E-state index in [1.807, 2.05) is 6.92 Å². The minimum absolute atomic E-state index is 0.00581. The number of aromatic nitrogens is 2. The Labute approximate surface area is 122 Å². The minimum atomic E-state index is -3.80. The normalized spacial score (nSPS) is 22.8. The van der Waals surface area contributed by atoms with Crippen molar-refractivity contribution >= 4 is 21.5 Å². The third-order valence-corrected chi connectivity index (χ3v) is 5.14. The summed E-state index contributed by atoms with van der Waals surface area (Å²) in [5, 5.41) is -0.00581. The maximum absolute atomic E-state index is 12.7. The highest BCUT2D eigenvalue weighted by molar-refractivity contribution is 7.89. The van der Waals surface area contributed by atoms with Gasteiger partial charge in [0, 0.05) is 12.8 Å². The van der Waals surface area contributed by atoms with Crippen molar-refractivity contribution in [2.24, 2.45) is 5.84 Å². The standard InChI is InChI=1S/C12H17N5O3S/c1-12(5-7-20-8-12)16-21(18,19)11-10(15-13)14-9-4-2-3-6-17(9)11/h2-4,6,15-16H,5,7-8,13H2,1H3. The SMILES string of the molecule is CC1(NS(=O)(=O)c2c(NN)nc3ccccn23)CCOC1. The van der Waals surface area contributed by atoms with Gasteiger partial charge in [0.15, 0.2) is 10.8 Å². The average molecular weight is 311 g/mol. The van der Waals surface area contributed by atoms with E-state index in [1.165, 1.54) is 4.40 Å². The molecule has 1 saturated heterocycles. The monoisotopic (exact) mass is 311 g/mol. The molecule has 0 spiro atoms. The molecule has 1 aliphatic rings. The summed E-state index contributed by atoms with van der Waals surface area (Å²) in [5.74, 6) is 5.52. The molecule has 0 radical (unpaired) electrons. The number of ether oxygens (including phenoxy) is 1. The molecule has 1 atom stereocenters. The van der Waals surface area contributed by atoms with Gasteiger partial charge in [0.1, 0.15) is 5.65 Å². The Morgan fingerprint density at radius 2 is 2.29 bits per heavy atom. The summed E-state index contributed by atoms with van der Waals surface area (Å²) in [7, 11) is -3.80. The zero-order valence-electron chi connectivity index (χ0n) is 11.5. The lowest BCUT2D eigenvalue weighted by Crippen LogP contribution is -2.46. The van der Waals surface area contributed by atoms with E-state index in [2.05, 4.69) is 15.1 Å². The Hall–Kier alpha value is -1.68. The van der Waals surface area contributed by atoms with Crippen LogP contribution in [0.4, 0.5) is 5.82 Å². The Morgan fingerprint density at radius 3 is 2.95 bits per heavy atom. The van der Waals surface area contributed by atoms with Gasteiger partial charge >= 0.3 is 0 Å². The van der Waals surface area contributed by atoms with Crippen LogP contribution in [0.3, 0.4) is 0 Å². The molecule has 3 heterocycles. The van der Waals surface area contributed by atoms with E-state index in [1.54, 1.807) is 24.4 Å². The Bertz CT molecular complexity index is 764. The van der Waals surface area contributed by atoms with E-state index in [-0.39, 0.29) is 10.8 Å². The topological polar surface area (TPSA) is 111 Å². The molecule has 4 N–H and O–H groups in total. The summed E-state index contributed by atoms with van der Waals surface area (Å²) in [5.41, 5.74) is 2.22. The highest BCUT2D eigenvalue weighted by Gasteiger charge is 2.37. The predicted octanol–water partition coefficient (Wildman–Crippen LogP) is 0.0772. The zero-order chi connectivity index (χ0) is 15.1. The largest absolute Gasteiger partial charge is 0.379 e. The lowest BCUT2D eigenvalue weighted by molar-refractivity contribution is 0.178. The van der Waals surface area contributed by atoms with Crippen LogP contribution in [0.2, 0.25) is 0 Å². The molecule has 0 saturated carbocycles. The van der Waals surface area contributed by atoms with Gasteiger partial charge in [0.2, 0.25) is 0 Å². The third-order valence-electron chi connectivity index (χ3n) is 3.48. The number of hydrogen-bond donors (Lipinski definition) is 3. The van der Waals surface area contributed by atoms with Crippen molar-refractivity contribution < 1.29 is 13.2 Å². The Kier molecular flexibility index (Phi) is 3.36. The number of nitrogens with zero attached hydrogens (tertiary/aromatic N) is 2. The van der Waals surface area contributed by atoms with Gasteiger partial charge in [-0.2, -0.15) is 0 Å². The van der Waals surface area contributed by atoms with Gasteiger partial charge in [0.25, 0.3) is 10.0 Å². The highest BCUT2D eigenvalue weighted by Crippen LogP contribution is 2.26. The van der Waals surface area contributed by atoms with E-state index >= 15 is 0 Å².